The normalized spacial score (nSPS) is 10.6. The van der Waals surface area contributed by atoms with Crippen LogP contribution >= 0.6 is 31.9 Å². The predicted octanol–water partition coefficient (Wildman–Crippen LogP) is 3.54. The van der Waals surface area contributed by atoms with Gasteiger partial charge in [-0.2, -0.15) is 0 Å². The first kappa shape index (κ1) is 20.1. The van der Waals surface area contributed by atoms with Gasteiger partial charge in [0.2, 0.25) is 0 Å². The molecular formula is C19H16Br2N4O3. The molecule has 0 aliphatic rings. The van der Waals surface area contributed by atoms with E-state index in [9.17, 15) is 14.4 Å². The molecule has 0 saturated carbocycles. The van der Waals surface area contributed by atoms with Gasteiger partial charge in [0.25, 0.3) is 5.91 Å². The second-order valence-corrected chi connectivity index (χ2v) is 7.83. The van der Waals surface area contributed by atoms with Gasteiger partial charge in [-0.1, -0.05) is 31.9 Å². The van der Waals surface area contributed by atoms with Crippen molar-refractivity contribution < 1.29 is 14.4 Å². The highest BCUT2D eigenvalue weighted by atomic mass is 79.9. The first-order valence-corrected chi connectivity index (χ1v) is 9.80. The van der Waals surface area contributed by atoms with Crippen LogP contribution in [-0.2, 0) is 9.59 Å². The fraction of sp³-hybridized carbons (Fsp3) is 0.105. The first-order chi connectivity index (χ1) is 13.3. The number of carbonyl (C=O) groups is 3. The lowest BCUT2D eigenvalue weighted by molar-refractivity contribution is -0.136. The summed E-state index contributed by atoms with van der Waals surface area (Å²) in [6, 6.07) is 12.5. The van der Waals surface area contributed by atoms with E-state index in [1.54, 1.807) is 24.3 Å². The van der Waals surface area contributed by atoms with E-state index in [1.165, 1.54) is 11.7 Å². The quantitative estimate of drug-likeness (QED) is 0.473. The number of likely N-dealkylation sites (N-methyl/N-ethyl adjacent to an activating group) is 1. The maximum Gasteiger partial charge on any atom is 0.328 e. The molecule has 0 aliphatic heterocycles. The molecule has 3 aromatic rings. The van der Waals surface area contributed by atoms with E-state index in [4.69, 9.17) is 0 Å². The molecule has 3 amide bonds. The maximum atomic E-state index is 12.9. The Balaban J connectivity index is 2.03. The smallest absolute Gasteiger partial charge is 0.328 e. The molecular weight excluding hydrogens is 492 g/mol. The minimum atomic E-state index is -0.878. The number of nitrogens with zero attached hydrogens (tertiary/aromatic N) is 1. The Hall–Kier alpha value is -2.65. The van der Waals surface area contributed by atoms with Crippen LogP contribution in [0.15, 0.2) is 51.4 Å². The number of aryl methyl sites for hydroxylation is 1. The molecule has 7 nitrogen and oxygen atoms in total. The number of aromatic nitrogens is 1. The lowest BCUT2D eigenvalue weighted by Crippen LogP contribution is -2.38. The molecule has 1 aromatic heterocycles. The van der Waals surface area contributed by atoms with E-state index in [1.807, 2.05) is 25.1 Å². The Morgan fingerprint density at radius 1 is 0.929 bits per heavy atom. The summed E-state index contributed by atoms with van der Waals surface area (Å²) >= 11 is 6.78. The van der Waals surface area contributed by atoms with Crippen molar-refractivity contribution in [2.45, 2.75) is 6.92 Å². The average molecular weight is 508 g/mol. The van der Waals surface area contributed by atoms with E-state index in [0.29, 0.717) is 11.2 Å². The molecule has 0 fully saturated rings. The van der Waals surface area contributed by atoms with Gasteiger partial charge >= 0.3 is 11.8 Å². The SMILES string of the molecule is CNC(=O)C(=O)Nn1c(C(=O)Nc2ccc(Br)cc2C)cc2cc(Br)ccc21. The fourth-order valence-corrected chi connectivity index (χ4v) is 3.55. The molecule has 0 atom stereocenters. The van der Waals surface area contributed by atoms with Crippen molar-refractivity contribution in [3.63, 3.8) is 0 Å². The highest BCUT2D eigenvalue weighted by Gasteiger charge is 2.20. The Labute approximate surface area is 177 Å². The maximum absolute atomic E-state index is 12.9. The number of carbonyl (C=O) groups excluding carboxylic acids is 3. The zero-order chi connectivity index (χ0) is 20.4. The number of rotatable bonds is 3. The van der Waals surface area contributed by atoms with Crippen molar-refractivity contribution in [1.82, 2.24) is 9.99 Å². The van der Waals surface area contributed by atoms with Gasteiger partial charge in [0, 0.05) is 27.1 Å². The first-order valence-electron chi connectivity index (χ1n) is 8.21. The zero-order valence-electron chi connectivity index (χ0n) is 15.0. The highest BCUT2D eigenvalue weighted by molar-refractivity contribution is 9.10. The molecule has 0 bridgehead atoms. The summed E-state index contributed by atoms with van der Waals surface area (Å²) in [5.74, 6) is -2.11. The number of halogens is 2. The number of benzene rings is 2. The minimum absolute atomic E-state index is 0.188. The Morgan fingerprint density at radius 3 is 2.29 bits per heavy atom. The molecule has 144 valence electrons. The summed E-state index contributed by atoms with van der Waals surface area (Å²) in [4.78, 5) is 36.7. The lowest BCUT2D eigenvalue weighted by Gasteiger charge is -2.13. The summed E-state index contributed by atoms with van der Waals surface area (Å²) in [6.07, 6.45) is 0. The van der Waals surface area contributed by atoms with Gasteiger partial charge in [-0.3, -0.25) is 19.8 Å². The molecule has 0 unspecified atom stereocenters. The van der Waals surface area contributed by atoms with Crippen LogP contribution in [0.2, 0.25) is 0 Å². The minimum Gasteiger partial charge on any atom is -0.351 e. The average Bonchev–Trinajstić information content (AvgIpc) is 3.00. The van der Waals surface area contributed by atoms with Crippen LogP contribution in [0.5, 0.6) is 0 Å². The summed E-state index contributed by atoms with van der Waals surface area (Å²) in [5, 5.41) is 5.83. The van der Waals surface area contributed by atoms with Crippen molar-refractivity contribution in [2.24, 2.45) is 0 Å². The Kier molecular flexibility index (Phi) is 5.85. The number of hydrogen-bond acceptors (Lipinski definition) is 3. The number of fused-ring (bicyclic) bond motifs is 1. The number of anilines is 1. The van der Waals surface area contributed by atoms with E-state index >= 15 is 0 Å². The molecule has 9 heteroatoms. The second kappa shape index (κ2) is 8.15. The number of hydrogen-bond donors (Lipinski definition) is 3. The largest absolute Gasteiger partial charge is 0.351 e. The van der Waals surface area contributed by atoms with Gasteiger partial charge < -0.3 is 10.6 Å². The topological polar surface area (TPSA) is 92.2 Å². The standard InChI is InChI=1S/C19H16Br2N4O3/c1-10-7-12(20)3-5-14(10)23-17(26)16-9-11-8-13(21)4-6-15(11)25(16)24-19(28)18(27)22-2/h3-9H,1-2H3,(H,22,27)(H,23,26)(H,24,28). The molecule has 2 aromatic carbocycles. The third-order valence-electron chi connectivity index (χ3n) is 4.08. The van der Waals surface area contributed by atoms with E-state index in [2.05, 4.69) is 47.9 Å². The van der Waals surface area contributed by atoms with Crippen LogP contribution in [-0.4, -0.2) is 29.4 Å². The third-order valence-corrected chi connectivity index (χ3v) is 5.07. The molecule has 0 saturated heterocycles. The Bertz CT molecular complexity index is 1110. The van der Waals surface area contributed by atoms with E-state index in [-0.39, 0.29) is 5.69 Å². The third kappa shape index (κ3) is 4.10. The molecule has 1 heterocycles. The summed E-state index contributed by atoms with van der Waals surface area (Å²) in [7, 11) is 1.36. The van der Waals surface area contributed by atoms with Crippen molar-refractivity contribution >= 4 is 66.2 Å². The van der Waals surface area contributed by atoms with Crippen molar-refractivity contribution in [1.29, 1.82) is 0 Å². The van der Waals surface area contributed by atoms with Crippen LogP contribution in [0.25, 0.3) is 10.9 Å². The molecule has 28 heavy (non-hydrogen) atoms. The van der Waals surface area contributed by atoms with Crippen LogP contribution in [0.3, 0.4) is 0 Å². The van der Waals surface area contributed by atoms with Crippen LogP contribution in [0.1, 0.15) is 16.1 Å². The summed E-state index contributed by atoms with van der Waals surface area (Å²) in [5.41, 5.74) is 4.77. The van der Waals surface area contributed by atoms with Gasteiger partial charge in [-0.05, 0) is 55.0 Å². The lowest BCUT2D eigenvalue weighted by atomic mass is 10.2. The number of amides is 3. The number of nitrogens with one attached hydrogen (secondary N) is 3. The zero-order valence-corrected chi connectivity index (χ0v) is 18.1. The van der Waals surface area contributed by atoms with Crippen LogP contribution < -0.4 is 16.1 Å². The Morgan fingerprint density at radius 2 is 1.61 bits per heavy atom. The van der Waals surface area contributed by atoms with E-state index < -0.39 is 17.7 Å². The monoisotopic (exact) mass is 506 g/mol. The van der Waals surface area contributed by atoms with Gasteiger partial charge in [0.15, 0.2) is 0 Å². The molecule has 0 aliphatic carbocycles. The second-order valence-electron chi connectivity index (χ2n) is 6.00. The molecule has 3 rings (SSSR count). The highest BCUT2D eigenvalue weighted by Crippen LogP contribution is 2.25. The van der Waals surface area contributed by atoms with Gasteiger partial charge in [-0.25, -0.2) is 4.68 Å². The van der Waals surface area contributed by atoms with Gasteiger partial charge in [0.1, 0.15) is 5.69 Å². The summed E-state index contributed by atoms with van der Waals surface area (Å²) < 4.78 is 3.04. The van der Waals surface area contributed by atoms with E-state index in [0.717, 1.165) is 19.9 Å². The molecule has 3 N–H and O–H groups in total. The summed E-state index contributed by atoms with van der Waals surface area (Å²) in [6.45, 7) is 1.88. The fourth-order valence-electron chi connectivity index (χ4n) is 2.69. The van der Waals surface area contributed by atoms with Crippen LogP contribution in [0.4, 0.5) is 5.69 Å². The van der Waals surface area contributed by atoms with Crippen molar-refractivity contribution in [2.75, 3.05) is 17.8 Å². The van der Waals surface area contributed by atoms with Gasteiger partial charge in [0.05, 0.1) is 5.52 Å². The predicted molar refractivity (Wildman–Crippen MR) is 115 cm³/mol. The van der Waals surface area contributed by atoms with Crippen molar-refractivity contribution in [3.8, 4) is 0 Å². The van der Waals surface area contributed by atoms with Crippen LogP contribution in [0, 0.1) is 6.92 Å². The molecule has 0 spiro atoms. The van der Waals surface area contributed by atoms with Crippen molar-refractivity contribution in [3.05, 3.63) is 62.7 Å². The molecule has 0 radical (unpaired) electrons. The van der Waals surface area contributed by atoms with Gasteiger partial charge in [-0.15, -0.1) is 0 Å².